The standard InChI is InChI=1S/C15H20N2O2/c1-4-14(19-3)9-6-10-15(18)17-13-8-5-7-12(11-13)16-2/h4-9,11,16H,10H2,1-3H3,(H,17,18)/b9-6-,14-4+. The molecular weight excluding hydrogens is 240 g/mol. The number of benzene rings is 1. The van der Waals surface area contributed by atoms with Gasteiger partial charge in [-0.25, -0.2) is 0 Å². The minimum Gasteiger partial charge on any atom is -0.497 e. The Morgan fingerprint density at radius 2 is 2.11 bits per heavy atom. The summed E-state index contributed by atoms with van der Waals surface area (Å²) in [6, 6.07) is 7.57. The lowest BCUT2D eigenvalue weighted by Crippen LogP contribution is -2.10. The van der Waals surface area contributed by atoms with Gasteiger partial charge in [0, 0.05) is 24.8 Å². The maximum atomic E-state index is 11.7. The maximum absolute atomic E-state index is 11.7. The van der Waals surface area contributed by atoms with Crippen molar-refractivity contribution < 1.29 is 9.53 Å². The zero-order valence-corrected chi connectivity index (χ0v) is 11.6. The number of carbonyl (C=O) groups is 1. The van der Waals surface area contributed by atoms with Crippen molar-refractivity contribution in [2.24, 2.45) is 0 Å². The Labute approximate surface area is 114 Å². The molecule has 0 saturated heterocycles. The predicted octanol–water partition coefficient (Wildman–Crippen LogP) is 3.16. The third kappa shape index (κ3) is 5.29. The van der Waals surface area contributed by atoms with E-state index in [9.17, 15) is 4.79 Å². The third-order valence-electron chi connectivity index (χ3n) is 2.54. The van der Waals surface area contributed by atoms with E-state index in [0.29, 0.717) is 6.42 Å². The van der Waals surface area contributed by atoms with Crippen LogP contribution >= 0.6 is 0 Å². The molecule has 2 N–H and O–H groups in total. The first-order chi connectivity index (χ1) is 9.19. The summed E-state index contributed by atoms with van der Waals surface area (Å²) >= 11 is 0. The summed E-state index contributed by atoms with van der Waals surface area (Å²) in [4.78, 5) is 11.7. The highest BCUT2D eigenvalue weighted by Gasteiger charge is 2.00. The molecule has 0 aliphatic heterocycles. The van der Waals surface area contributed by atoms with Crippen molar-refractivity contribution in [2.45, 2.75) is 13.3 Å². The lowest BCUT2D eigenvalue weighted by molar-refractivity contribution is -0.115. The lowest BCUT2D eigenvalue weighted by atomic mass is 10.2. The molecule has 4 heteroatoms. The second kappa shape index (κ2) is 7.97. The molecule has 19 heavy (non-hydrogen) atoms. The molecule has 1 aromatic rings. The molecule has 4 nitrogen and oxygen atoms in total. The van der Waals surface area contributed by atoms with E-state index in [1.165, 1.54) is 0 Å². The minimum atomic E-state index is -0.0592. The van der Waals surface area contributed by atoms with Crippen LogP contribution in [0, 0.1) is 0 Å². The van der Waals surface area contributed by atoms with Crippen LogP contribution in [-0.4, -0.2) is 20.1 Å². The van der Waals surface area contributed by atoms with Crippen molar-refractivity contribution in [1.29, 1.82) is 0 Å². The molecule has 0 radical (unpaired) electrons. The van der Waals surface area contributed by atoms with E-state index in [1.54, 1.807) is 19.3 Å². The van der Waals surface area contributed by atoms with Crippen molar-refractivity contribution >= 4 is 17.3 Å². The van der Waals surface area contributed by atoms with Crippen LogP contribution in [-0.2, 0) is 9.53 Å². The Morgan fingerprint density at radius 3 is 2.74 bits per heavy atom. The summed E-state index contributed by atoms with van der Waals surface area (Å²) in [5, 5.41) is 5.86. The number of allylic oxidation sites excluding steroid dienone is 2. The molecule has 0 aliphatic rings. The first-order valence-corrected chi connectivity index (χ1v) is 6.14. The molecule has 0 heterocycles. The van der Waals surface area contributed by atoms with E-state index in [2.05, 4.69) is 10.6 Å². The molecule has 0 bridgehead atoms. The van der Waals surface area contributed by atoms with Crippen LogP contribution in [0.5, 0.6) is 0 Å². The Balaban J connectivity index is 2.51. The highest BCUT2D eigenvalue weighted by Crippen LogP contribution is 2.14. The van der Waals surface area contributed by atoms with Crippen molar-refractivity contribution in [3.8, 4) is 0 Å². The number of rotatable bonds is 6. The SMILES string of the molecule is C/C=C(\C=C/CC(=O)Nc1cccc(NC)c1)OC. The van der Waals surface area contributed by atoms with Crippen molar-refractivity contribution in [3.05, 3.63) is 48.3 Å². The quantitative estimate of drug-likeness (QED) is 0.610. The molecule has 102 valence electrons. The van der Waals surface area contributed by atoms with Gasteiger partial charge < -0.3 is 15.4 Å². The number of carbonyl (C=O) groups excluding carboxylic acids is 1. The topological polar surface area (TPSA) is 50.4 Å². The average Bonchev–Trinajstić information content (AvgIpc) is 2.44. The van der Waals surface area contributed by atoms with Crippen LogP contribution in [0.4, 0.5) is 11.4 Å². The smallest absolute Gasteiger partial charge is 0.228 e. The van der Waals surface area contributed by atoms with Gasteiger partial charge in [-0.1, -0.05) is 12.1 Å². The molecule has 1 rings (SSSR count). The van der Waals surface area contributed by atoms with Gasteiger partial charge in [-0.3, -0.25) is 4.79 Å². The van der Waals surface area contributed by atoms with Gasteiger partial charge in [0.25, 0.3) is 0 Å². The first kappa shape index (κ1) is 14.8. The minimum absolute atomic E-state index is 0.0592. The van der Waals surface area contributed by atoms with Gasteiger partial charge in [0.1, 0.15) is 5.76 Å². The van der Waals surface area contributed by atoms with Gasteiger partial charge in [-0.2, -0.15) is 0 Å². The first-order valence-electron chi connectivity index (χ1n) is 6.14. The van der Waals surface area contributed by atoms with Crippen molar-refractivity contribution in [1.82, 2.24) is 0 Å². The summed E-state index contributed by atoms with van der Waals surface area (Å²) in [5.41, 5.74) is 1.74. The maximum Gasteiger partial charge on any atom is 0.228 e. The summed E-state index contributed by atoms with van der Waals surface area (Å²) in [7, 11) is 3.44. The normalized spacial score (nSPS) is 11.4. The summed E-state index contributed by atoms with van der Waals surface area (Å²) in [6.45, 7) is 1.88. The molecule has 0 fully saturated rings. The van der Waals surface area contributed by atoms with Gasteiger partial charge in [-0.15, -0.1) is 0 Å². The van der Waals surface area contributed by atoms with Gasteiger partial charge in [0.2, 0.25) is 5.91 Å². The van der Waals surface area contributed by atoms with Gasteiger partial charge in [0.15, 0.2) is 0 Å². The molecule has 0 unspecified atom stereocenters. The van der Waals surface area contributed by atoms with Gasteiger partial charge >= 0.3 is 0 Å². The third-order valence-corrected chi connectivity index (χ3v) is 2.54. The second-order valence-electron chi connectivity index (χ2n) is 3.88. The predicted molar refractivity (Wildman–Crippen MR) is 79.1 cm³/mol. The zero-order chi connectivity index (χ0) is 14.1. The van der Waals surface area contributed by atoms with Gasteiger partial charge in [-0.05, 0) is 37.3 Å². The van der Waals surface area contributed by atoms with Crippen LogP contribution in [0.25, 0.3) is 0 Å². The fourth-order valence-corrected chi connectivity index (χ4v) is 1.53. The van der Waals surface area contributed by atoms with Crippen LogP contribution in [0.1, 0.15) is 13.3 Å². The Bertz CT molecular complexity index is 479. The molecule has 0 spiro atoms. The number of anilines is 2. The van der Waals surface area contributed by atoms with E-state index in [1.807, 2.05) is 44.3 Å². The van der Waals surface area contributed by atoms with Gasteiger partial charge in [0.05, 0.1) is 7.11 Å². The Morgan fingerprint density at radius 1 is 1.37 bits per heavy atom. The number of nitrogens with one attached hydrogen (secondary N) is 2. The summed E-state index contributed by atoms with van der Waals surface area (Å²) < 4.78 is 5.06. The van der Waals surface area contributed by atoms with E-state index >= 15 is 0 Å². The molecule has 0 aliphatic carbocycles. The van der Waals surface area contributed by atoms with E-state index < -0.39 is 0 Å². The summed E-state index contributed by atoms with van der Waals surface area (Å²) in [5.74, 6) is 0.682. The number of ether oxygens (including phenoxy) is 1. The van der Waals surface area contributed by atoms with Crippen LogP contribution in [0.2, 0.25) is 0 Å². The number of hydrogen-bond donors (Lipinski definition) is 2. The fraction of sp³-hybridized carbons (Fsp3) is 0.267. The molecule has 1 aromatic carbocycles. The zero-order valence-electron chi connectivity index (χ0n) is 11.6. The van der Waals surface area contributed by atoms with Crippen LogP contribution < -0.4 is 10.6 Å². The van der Waals surface area contributed by atoms with Crippen molar-refractivity contribution in [3.63, 3.8) is 0 Å². The summed E-state index contributed by atoms with van der Waals surface area (Å²) in [6.07, 6.45) is 5.70. The molecule has 1 amide bonds. The van der Waals surface area contributed by atoms with Crippen molar-refractivity contribution in [2.75, 3.05) is 24.8 Å². The van der Waals surface area contributed by atoms with Crippen LogP contribution in [0.3, 0.4) is 0 Å². The molecule has 0 saturated carbocycles. The number of methoxy groups -OCH3 is 1. The second-order valence-corrected chi connectivity index (χ2v) is 3.88. The Hall–Kier alpha value is -2.23. The average molecular weight is 260 g/mol. The number of hydrogen-bond acceptors (Lipinski definition) is 3. The largest absolute Gasteiger partial charge is 0.497 e. The lowest BCUT2D eigenvalue weighted by Gasteiger charge is -2.06. The molecule has 0 atom stereocenters. The monoisotopic (exact) mass is 260 g/mol. The van der Waals surface area contributed by atoms with E-state index in [-0.39, 0.29) is 5.91 Å². The Kier molecular flexibility index (Phi) is 6.22. The highest BCUT2D eigenvalue weighted by molar-refractivity contribution is 5.92. The fourth-order valence-electron chi connectivity index (χ4n) is 1.53. The van der Waals surface area contributed by atoms with E-state index in [0.717, 1.165) is 17.1 Å². The van der Waals surface area contributed by atoms with E-state index in [4.69, 9.17) is 4.74 Å². The van der Waals surface area contributed by atoms with Crippen LogP contribution in [0.15, 0.2) is 48.3 Å². The highest BCUT2D eigenvalue weighted by atomic mass is 16.5. The number of amides is 1. The molecular formula is C15H20N2O2. The molecule has 0 aromatic heterocycles.